The second kappa shape index (κ2) is 10.5. The van der Waals surface area contributed by atoms with Crippen molar-refractivity contribution in [1.29, 1.82) is 0 Å². The van der Waals surface area contributed by atoms with Gasteiger partial charge in [-0.2, -0.15) is 8.78 Å². The first-order chi connectivity index (χ1) is 19.4. The number of rotatable bonds is 5. The zero-order valence-corrected chi connectivity index (χ0v) is 22.5. The van der Waals surface area contributed by atoms with Crippen molar-refractivity contribution in [1.82, 2.24) is 25.0 Å². The summed E-state index contributed by atoms with van der Waals surface area (Å²) in [7, 11) is 0. The van der Waals surface area contributed by atoms with Crippen LogP contribution in [0.5, 0.6) is 0 Å². The zero-order chi connectivity index (χ0) is 29.5. The number of halogens is 3. The van der Waals surface area contributed by atoms with Crippen LogP contribution in [0.1, 0.15) is 51.6 Å². The summed E-state index contributed by atoms with van der Waals surface area (Å²) in [4.78, 5) is 48.4. The van der Waals surface area contributed by atoms with Crippen LogP contribution in [0.4, 0.5) is 28.4 Å². The lowest BCUT2D eigenvalue weighted by Gasteiger charge is -2.42. The van der Waals surface area contributed by atoms with Gasteiger partial charge in [0.05, 0.1) is 17.8 Å². The monoisotopic (exact) mass is 572 g/mol. The molecule has 11 nitrogen and oxygen atoms in total. The van der Waals surface area contributed by atoms with Crippen LogP contribution in [0, 0.1) is 5.82 Å². The van der Waals surface area contributed by atoms with Crippen LogP contribution < -0.4 is 4.90 Å². The molecule has 2 fully saturated rings. The van der Waals surface area contributed by atoms with Crippen molar-refractivity contribution in [2.45, 2.75) is 57.7 Å². The van der Waals surface area contributed by atoms with Crippen molar-refractivity contribution < 1.29 is 36.7 Å². The number of pyridine rings is 1. The highest BCUT2D eigenvalue weighted by molar-refractivity contribution is 6.17. The second-order valence-electron chi connectivity index (χ2n) is 10.8. The second-order valence-corrected chi connectivity index (χ2v) is 10.8. The van der Waals surface area contributed by atoms with Crippen molar-refractivity contribution in [3.05, 3.63) is 60.0 Å². The van der Waals surface area contributed by atoms with Crippen molar-refractivity contribution in [2.24, 2.45) is 0 Å². The first-order valence-electron chi connectivity index (χ1n) is 12.8. The van der Waals surface area contributed by atoms with Crippen LogP contribution >= 0.6 is 0 Å². The van der Waals surface area contributed by atoms with E-state index in [0.29, 0.717) is 5.69 Å². The van der Waals surface area contributed by atoms with Gasteiger partial charge in [-0.25, -0.2) is 14.0 Å². The Balaban J connectivity index is 1.40. The highest BCUT2D eigenvalue weighted by Gasteiger charge is 2.59. The zero-order valence-electron chi connectivity index (χ0n) is 22.5. The number of alkyl halides is 2. The Kier molecular flexibility index (Phi) is 7.17. The molecule has 1 aromatic carbocycles. The topological polar surface area (TPSA) is 122 Å². The Labute approximate surface area is 232 Å². The molecule has 0 bridgehead atoms. The molecule has 2 aliphatic rings. The Morgan fingerprint density at radius 1 is 1.12 bits per heavy atom. The number of urea groups is 1. The Morgan fingerprint density at radius 2 is 1.85 bits per heavy atom. The first kappa shape index (κ1) is 28.1. The van der Waals surface area contributed by atoms with E-state index in [1.807, 2.05) is 0 Å². The quantitative estimate of drug-likeness (QED) is 0.394. The molecule has 3 aromatic rings. The van der Waals surface area contributed by atoms with E-state index < -0.39 is 47.3 Å². The molecule has 0 unspecified atom stereocenters. The van der Waals surface area contributed by atoms with E-state index in [9.17, 15) is 27.6 Å². The molecule has 216 valence electrons. The molecule has 14 heteroatoms. The molecular formula is C27H27F3N6O5. The number of ether oxygens (including phenoxy) is 1. The number of nitrogens with zero attached hydrogens (tertiary/aromatic N) is 6. The van der Waals surface area contributed by atoms with Gasteiger partial charge in [-0.15, -0.1) is 10.2 Å². The number of likely N-dealkylation sites (tertiary alicyclic amines) is 1. The van der Waals surface area contributed by atoms with Crippen LogP contribution in [0.25, 0.3) is 11.5 Å². The third-order valence-corrected chi connectivity index (χ3v) is 6.82. The number of carbonyl (C=O) groups is 3. The molecular weight excluding hydrogens is 545 g/mol. The smallest absolute Gasteiger partial charge is 0.410 e. The molecule has 4 heterocycles. The number of carbonyl (C=O) groups excluding carboxylic acids is 3. The SMILES string of the molecule is CC(C)(C)OC(=O)N1CCC2(CC1)C(=O)N(Cc1ccc(-c3nnc(C(F)F)o3)cn1)C(=O)N2c1cccc(F)c1. The molecule has 0 aliphatic carbocycles. The molecule has 4 amide bonds. The van der Waals surface area contributed by atoms with Crippen molar-refractivity contribution in [3.8, 4) is 11.5 Å². The van der Waals surface area contributed by atoms with Crippen LogP contribution in [-0.2, 0) is 16.1 Å². The summed E-state index contributed by atoms with van der Waals surface area (Å²) in [5.74, 6) is -2.05. The summed E-state index contributed by atoms with van der Waals surface area (Å²) in [6.45, 7) is 5.34. The predicted molar refractivity (Wildman–Crippen MR) is 137 cm³/mol. The van der Waals surface area contributed by atoms with E-state index in [4.69, 9.17) is 9.15 Å². The molecule has 2 aromatic heterocycles. The maximum Gasteiger partial charge on any atom is 0.410 e. The van der Waals surface area contributed by atoms with Gasteiger partial charge in [-0.1, -0.05) is 6.07 Å². The van der Waals surface area contributed by atoms with Crippen molar-refractivity contribution >= 4 is 23.7 Å². The highest BCUT2D eigenvalue weighted by atomic mass is 19.3. The fourth-order valence-corrected chi connectivity index (χ4v) is 4.92. The highest BCUT2D eigenvalue weighted by Crippen LogP contribution is 2.41. The lowest BCUT2D eigenvalue weighted by Crippen LogP contribution is -2.58. The summed E-state index contributed by atoms with van der Waals surface area (Å²) in [5, 5.41) is 6.87. The molecule has 2 aliphatic heterocycles. The number of amides is 4. The molecule has 1 spiro atoms. The van der Waals surface area contributed by atoms with Gasteiger partial charge in [0.2, 0.25) is 5.89 Å². The van der Waals surface area contributed by atoms with E-state index in [0.717, 1.165) is 4.90 Å². The van der Waals surface area contributed by atoms with Gasteiger partial charge in [-0.3, -0.25) is 19.6 Å². The molecule has 41 heavy (non-hydrogen) atoms. The van der Waals surface area contributed by atoms with Gasteiger partial charge in [0.15, 0.2) is 0 Å². The normalized spacial score (nSPS) is 17.2. The Bertz CT molecular complexity index is 1460. The standard InChI is InChI=1S/C27H27F3N6O5/c1-26(2,3)41-25(39)34-11-9-27(10-12-34)23(37)35(24(38)36(27)19-6-4-5-17(28)13-19)15-18-8-7-16(14-31-18)21-32-33-22(40-21)20(29)30/h4-8,13-14,20H,9-12,15H2,1-3H3. The first-order valence-corrected chi connectivity index (χ1v) is 12.8. The lowest BCUT2D eigenvalue weighted by atomic mass is 9.85. The Morgan fingerprint density at radius 3 is 2.44 bits per heavy atom. The van der Waals surface area contributed by atoms with Crippen molar-refractivity contribution in [2.75, 3.05) is 18.0 Å². The van der Waals surface area contributed by atoms with Crippen LogP contribution in [0.15, 0.2) is 47.0 Å². The van der Waals surface area contributed by atoms with Gasteiger partial charge in [0.25, 0.3) is 11.8 Å². The number of imide groups is 1. The van der Waals surface area contributed by atoms with E-state index in [-0.39, 0.29) is 49.6 Å². The third kappa shape index (κ3) is 5.45. The van der Waals surface area contributed by atoms with Gasteiger partial charge in [0, 0.05) is 25.0 Å². The van der Waals surface area contributed by atoms with E-state index in [2.05, 4.69) is 15.2 Å². The number of piperidine rings is 1. The summed E-state index contributed by atoms with van der Waals surface area (Å²) < 4.78 is 50.2. The molecule has 2 saturated heterocycles. The van der Waals surface area contributed by atoms with Gasteiger partial charge in [0.1, 0.15) is 17.0 Å². The largest absolute Gasteiger partial charge is 0.444 e. The average Bonchev–Trinajstić information content (AvgIpc) is 3.48. The van der Waals surface area contributed by atoms with Crippen LogP contribution in [0.2, 0.25) is 0 Å². The number of hydrogen-bond acceptors (Lipinski definition) is 8. The molecule has 0 saturated carbocycles. The van der Waals surface area contributed by atoms with Gasteiger partial charge >= 0.3 is 18.5 Å². The number of hydrogen-bond donors (Lipinski definition) is 0. The Hall–Kier alpha value is -4.49. The van der Waals surface area contributed by atoms with Crippen molar-refractivity contribution in [3.63, 3.8) is 0 Å². The lowest BCUT2D eigenvalue weighted by molar-refractivity contribution is -0.132. The maximum atomic E-state index is 14.2. The molecule has 0 atom stereocenters. The fraction of sp³-hybridized carbons (Fsp3) is 0.407. The number of benzene rings is 1. The maximum absolute atomic E-state index is 14.2. The minimum atomic E-state index is -2.92. The number of anilines is 1. The average molecular weight is 573 g/mol. The summed E-state index contributed by atoms with van der Waals surface area (Å²) in [5.41, 5.74) is -1.23. The van der Waals surface area contributed by atoms with E-state index in [1.54, 1.807) is 26.8 Å². The van der Waals surface area contributed by atoms with Gasteiger partial charge < -0.3 is 14.1 Å². The fourth-order valence-electron chi connectivity index (χ4n) is 4.92. The molecule has 0 radical (unpaired) electrons. The predicted octanol–water partition coefficient (Wildman–Crippen LogP) is 4.95. The number of aromatic nitrogens is 3. The molecule has 5 rings (SSSR count). The van der Waals surface area contributed by atoms with Crippen LogP contribution in [-0.4, -0.2) is 67.2 Å². The third-order valence-electron chi connectivity index (χ3n) is 6.82. The van der Waals surface area contributed by atoms with E-state index in [1.165, 1.54) is 46.3 Å². The molecule has 0 N–H and O–H groups in total. The van der Waals surface area contributed by atoms with E-state index >= 15 is 0 Å². The summed E-state index contributed by atoms with van der Waals surface area (Å²) in [6, 6.07) is 7.76. The minimum Gasteiger partial charge on any atom is -0.444 e. The minimum absolute atomic E-state index is 0.111. The summed E-state index contributed by atoms with van der Waals surface area (Å²) >= 11 is 0. The van der Waals surface area contributed by atoms with Gasteiger partial charge in [-0.05, 0) is 63.9 Å². The summed E-state index contributed by atoms with van der Waals surface area (Å²) in [6.07, 6.45) is -1.91. The van der Waals surface area contributed by atoms with Crippen LogP contribution in [0.3, 0.4) is 0 Å².